The van der Waals surface area contributed by atoms with E-state index in [2.05, 4.69) is 0 Å². The van der Waals surface area contributed by atoms with E-state index in [0.29, 0.717) is 6.54 Å². The van der Waals surface area contributed by atoms with Crippen molar-refractivity contribution in [2.45, 2.75) is 19.9 Å². The largest absolute Gasteiger partial charge is 0.298 e. The van der Waals surface area contributed by atoms with Gasteiger partial charge in [0.15, 0.2) is 17.3 Å². The normalized spacial score (nSPS) is 17.7. The highest BCUT2D eigenvalue weighted by atomic mass is 16.2. The quantitative estimate of drug-likeness (QED) is 0.763. The zero-order chi connectivity index (χ0) is 13.8. The molecular formula is C15H17NO3. The fraction of sp³-hybridized carbons (Fsp3) is 0.400. The van der Waals surface area contributed by atoms with Gasteiger partial charge in [-0.2, -0.15) is 0 Å². The number of carbonyl (C=O) groups excluding carboxylic acids is 3. The highest BCUT2D eigenvalue weighted by Crippen LogP contribution is 2.15. The molecule has 1 aromatic rings. The Labute approximate surface area is 112 Å². The Bertz CT molecular complexity index is 477. The van der Waals surface area contributed by atoms with Gasteiger partial charge in [0.25, 0.3) is 0 Å². The second kappa shape index (κ2) is 5.89. The first-order valence-electron chi connectivity index (χ1n) is 6.46. The molecule has 0 spiro atoms. The van der Waals surface area contributed by atoms with Crippen molar-refractivity contribution in [2.24, 2.45) is 5.92 Å². The highest BCUT2D eigenvalue weighted by molar-refractivity contribution is 6.21. The van der Waals surface area contributed by atoms with Gasteiger partial charge in [0, 0.05) is 13.0 Å². The average molecular weight is 259 g/mol. The molecule has 0 aliphatic carbocycles. The number of benzene rings is 1. The number of hydrogen-bond acceptors (Lipinski definition) is 4. The molecule has 1 heterocycles. The summed E-state index contributed by atoms with van der Waals surface area (Å²) in [5.41, 5.74) is 1.06. The molecule has 4 nitrogen and oxygen atoms in total. The molecule has 1 aliphatic rings. The third-order valence-corrected chi connectivity index (χ3v) is 3.32. The topological polar surface area (TPSA) is 54.5 Å². The van der Waals surface area contributed by atoms with Crippen LogP contribution in [0.5, 0.6) is 0 Å². The summed E-state index contributed by atoms with van der Waals surface area (Å²) in [6, 6.07) is 9.68. The van der Waals surface area contributed by atoms with Crippen molar-refractivity contribution in [3.05, 3.63) is 35.9 Å². The fourth-order valence-corrected chi connectivity index (χ4v) is 2.38. The molecule has 1 aromatic carbocycles. The molecule has 0 aromatic heterocycles. The number of piperidine rings is 1. The minimum atomic E-state index is -1.02. The maximum Gasteiger partial charge on any atom is 0.164 e. The molecule has 0 radical (unpaired) electrons. The zero-order valence-electron chi connectivity index (χ0n) is 11.0. The van der Waals surface area contributed by atoms with Crippen molar-refractivity contribution in [3.8, 4) is 0 Å². The van der Waals surface area contributed by atoms with E-state index < -0.39 is 5.92 Å². The summed E-state index contributed by atoms with van der Waals surface area (Å²) in [5.74, 6) is -1.80. The lowest BCUT2D eigenvalue weighted by Crippen LogP contribution is -2.49. The molecule has 19 heavy (non-hydrogen) atoms. The Morgan fingerprint density at radius 1 is 1.16 bits per heavy atom. The van der Waals surface area contributed by atoms with E-state index in [0.717, 1.165) is 5.56 Å². The van der Waals surface area contributed by atoms with E-state index in [1.54, 1.807) is 11.8 Å². The molecule has 0 atom stereocenters. The monoisotopic (exact) mass is 259 g/mol. The van der Waals surface area contributed by atoms with E-state index in [1.165, 1.54) is 0 Å². The Morgan fingerprint density at radius 3 is 2.26 bits per heavy atom. The van der Waals surface area contributed by atoms with Gasteiger partial charge in [-0.1, -0.05) is 37.3 Å². The Kier molecular flexibility index (Phi) is 4.22. The van der Waals surface area contributed by atoms with Gasteiger partial charge in [-0.15, -0.1) is 0 Å². The third-order valence-electron chi connectivity index (χ3n) is 3.32. The number of ketones is 3. The van der Waals surface area contributed by atoms with Crippen LogP contribution in [0.2, 0.25) is 0 Å². The van der Waals surface area contributed by atoms with Crippen molar-refractivity contribution >= 4 is 17.3 Å². The minimum Gasteiger partial charge on any atom is -0.298 e. The molecule has 4 heteroatoms. The smallest absolute Gasteiger partial charge is 0.164 e. The van der Waals surface area contributed by atoms with Gasteiger partial charge < -0.3 is 0 Å². The first-order valence-corrected chi connectivity index (χ1v) is 6.46. The van der Waals surface area contributed by atoms with Crippen molar-refractivity contribution in [1.29, 1.82) is 0 Å². The summed E-state index contributed by atoms with van der Waals surface area (Å²) >= 11 is 0. The SMILES string of the molecule is CCC(=O)C1C(=O)CN(Cc2ccccc2)CC1=O. The fourth-order valence-electron chi connectivity index (χ4n) is 2.38. The third kappa shape index (κ3) is 3.15. The maximum absolute atomic E-state index is 11.9. The summed E-state index contributed by atoms with van der Waals surface area (Å²) in [7, 11) is 0. The molecule has 0 unspecified atom stereocenters. The predicted octanol–water partition coefficient (Wildman–Crippen LogP) is 1.24. The molecule has 100 valence electrons. The van der Waals surface area contributed by atoms with Gasteiger partial charge in [0.2, 0.25) is 0 Å². The number of hydrogen-bond donors (Lipinski definition) is 0. The van der Waals surface area contributed by atoms with Crippen LogP contribution in [0.25, 0.3) is 0 Å². The van der Waals surface area contributed by atoms with Crippen LogP contribution in [-0.2, 0) is 20.9 Å². The van der Waals surface area contributed by atoms with Gasteiger partial charge in [0.1, 0.15) is 5.92 Å². The molecule has 0 amide bonds. The highest BCUT2D eigenvalue weighted by Gasteiger charge is 2.37. The van der Waals surface area contributed by atoms with Crippen LogP contribution in [0.15, 0.2) is 30.3 Å². The van der Waals surface area contributed by atoms with Gasteiger partial charge in [0.05, 0.1) is 13.1 Å². The number of nitrogens with zero attached hydrogens (tertiary/aromatic N) is 1. The van der Waals surface area contributed by atoms with Crippen LogP contribution >= 0.6 is 0 Å². The predicted molar refractivity (Wildman–Crippen MR) is 70.5 cm³/mol. The number of Topliss-reactive ketones (excluding diaryl/α,β-unsaturated/α-hetero) is 3. The van der Waals surface area contributed by atoms with E-state index >= 15 is 0 Å². The summed E-state index contributed by atoms with van der Waals surface area (Å²) < 4.78 is 0. The van der Waals surface area contributed by atoms with Crippen LogP contribution in [0, 0.1) is 5.92 Å². The van der Waals surface area contributed by atoms with Crippen LogP contribution < -0.4 is 0 Å². The number of carbonyl (C=O) groups is 3. The first kappa shape index (κ1) is 13.6. The van der Waals surface area contributed by atoms with Crippen molar-refractivity contribution in [3.63, 3.8) is 0 Å². The van der Waals surface area contributed by atoms with Gasteiger partial charge in [-0.3, -0.25) is 19.3 Å². The lowest BCUT2D eigenvalue weighted by molar-refractivity contribution is -0.144. The van der Waals surface area contributed by atoms with Crippen LogP contribution in [0.3, 0.4) is 0 Å². The van der Waals surface area contributed by atoms with Gasteiger partial charge in [-0.25, -0.2) is 0 Å². The molecule has 0 bridgehead atoms. The Morgan fingerprint density at radius 2 is 1.74 bits per heavy atom. The molecule has 1 saturated heterocycles. The number of rotatable bonds is 4. The Hall–Kier alpha value is -1.81. The summed E-state index contributed by atoms with van der Waals surface area (Å²) in [6.45, 7) is 2.60. The van der Waals surface area contributed by atoms with Crippen LogP contribution in [0.1, 0.15) is 18.9 Å². The Balaban J connectivity index is 2.04. The maximum atomic E-state index is 11.9. The van der Waals surface area contributed by atoms with Crippen LogP contribution in [0.4, 0.5) is 0 Å². The van der Waals surface area contributed by atoms with E-state index in [1.807, 2.05) is 30.3 Å². The minimum absolute atomic E-state index is 0.178. The van der Waals surface area contributed by atoms with Gasteiger partial charge in [-0.05, 0) is 5.56 Å². The molecule has 1 fully saturated rings. The van der Waals surface area contributed by atoms with E-state index in [4.69, 9.17) is 0 Å². The lowest BCUT2D eigenvalue weighted by Gasteiger charge is -2.28. The molecule has 0 N–H and O–H groups in total. The standard InChI is InChI=1S/C15H17NO3/c1-2-12(17)15-13(18)9-16(10-14(15)19)8-11-6-4-3-5-7-11/h3-7,15H,2,8-10H2,1H3. The summed E-state index contributed by atoms with van der Waals surface area (Å²) in [6.07, 6.45) is 0.237. The molecule has 0 saturated carbocycles. The second-order valence-electron chi connectivity index (χ2n) is 4.82. The first-order chi connectivity index (χ1) is 9.11. The second-order valence-corrected chi connectivity index (χ2v) is 4.82. The summed E-state index contributed by atoms with van der Waals surface area (Å²) in [5, 5.41) is 0. The van der Waals surface area contributed by atoms with E-state index in [-0.39, 0.29) is 36.9 Å². The lowest BCUT2D eigenvalue weighted by atomic mass is 9.89. The van der Waals surface area contributed by atoms with E-state index in [9.17, 15) is 14.4 Å². The zero-order valence-corrected chi connectivity index (χ0v) is 11.0. The molecular weight excluding hydrogens is 242 g/mol. The van der Waals surface area contributed by atoms with Gasteiger partial charge >= 0.3 is 0 Å². The summed E-state index contributed by atoms with van der Waals surface area (Å²) in [4.78, 5) is 37.2. The molecule has 2 rings (SSSR count). The van der Waals surface area contributed by atoms with Crippen molar-refractivity contribution in [1.82, 2.24) is 4.90 Å². The molecule has 1 aliphatic heterocycles. The number of likely N-dealkylation sites (tertiary alicyclic amines) is 1. The van der Waals surface area contributed by atoms with Crippen LogP contribution in [-0.4, -0.2) is 35.3 Å². The average Bonchev–Trinajstić information content (AvgIpc) is 2.38. The van der Waals surface area contributed by atoms with Crippen molar-refractivity contribution in [2.75, 3.05) is 13.1 Å². The van der Waals surface area contributed by atoms with Crippen molar-refractivity contribution < 1.29 is 14.4 Å².